The molecule has 0 N–H and O–H groups in total. The van der Waals surface area contributed by atoms with Crippen LogP contribution in [0.2, 0.25) is 0 Å². The molecule has 0 spiro atoms. The van der Waals surface area contributed by atoms with E-state index in [-0.39, 0.29) is 17.8 Å². The first kappa shape index (κ1) is 16.2. The normalized spacial score (nSPS) is 23.7. The van der Waals surface area contributed by atoms with Gasteiger partial charge in [0.25, 0.3) is 0 Å². The Hall–Kier alpha value is -2.27. The molecule has 0 saturated carbocycles. The molecular weight excluding hydrogens is 317 g/mol. The van der Waals surface area contributed by atoms with Gasteiger partial charge >= 0.3 is 0 Å². The van der Waals surface area contributed by atoms with Gasteiger partial charge in [-0.1, -0.05) is 18.2 Å². The summed E-state index contributed by atoms with van der Waals surface area (Å²) in [5.41, 5.74) is 1.98. The zero-order chi connectivity index (χ0) is 17.2. The lowest BCUT2D eigenvalue weighted by molar-refractivity contribution is -0.146. The van der Waals surface area contributed by atoms with Gasteiger partial charge < -0.3 is 4.90 Å². The first-order valence-electron chi connectivity index (χ1n) is 8.86. The number of pyridine rings is 1. The summed E-state index contributed by atoms with van der Waals surface area (Å²) in [5.74, 6) is 0.539. The number of carbonyl (C=O) groups excluding carboxylic acids is 1. The van der Waals surface area contributed by atoms with E-state index in [1.165, 1.54) is 12.1 Å². The van der Waals surface area contributed by atoms with Gasteiger partial charge in [0.1, 0.15) is 5.82 Å². The fourth-order valence-electron chi connectivity index (χ4n) is 3.97. The van der Waals surface area contributed by atoms with E-state index in [0.717, 1.165) is 37.2 Å². The molecule has 5 heteroatoms. The van der Waals surface area contributed by atoms with Crippen LogP contribution in [0.5, 0.6) is 0 Å². The zero-order valence-electron chi connectivity index (χ0n) is 14.1. The van der Waals surface area contributed by atoms with Crippen molar-refractivity contribution in [2.75, 3.05) is 13.1 Å². The van der Waals surface area contributed by atoms with Crippen LogP contribution in [0.1, 0.15) is 24.1 Å². The van der Waals surface area contributed by atoms with E-state index in [9.17, 15) is 9.18 Å². The van der Waals surface area contributed by atoms with Gasteiger partial charge in [0.05, 0.1) is 18.3 Å². The number of fused-ring (bicyclic) bond motifs is 2. The molecule has 4 nitrogen and oxygen atoms in total. The molecule has 0 radical (unpaired) electrons. The van der Waals surface area contributed by atoms with Gasteiger partial charge in [-0.3, -0.25) is 14.7 Å². The molecule has 2 atom stereocenters. The quantitative estimate of drug-likeness (QED) is 0.859. The Labute approximate surface area is 147 Å². The van der Waals surface area contributed by atoms with Gasteiger partial charge in [-0.15, -0.1) is 0 Å². The summed E-state index contributed by atoms with van der Waals surface area (Å²) >= 11 is 0. The lowest BCUT2D eigenvalue weighted by Crippen LogP contribution is -2.58. The molecular formula is C20H22FN3O. The number of hydrogen-bond acceptors (Lipinski definition) is 3. The minimum atomic E-state index is -0.224. The predicted octanol–water partition coefficient (Wildman–Crippen LogP) is 2.84. The predicted molar refractivity (Wildman–Crippen MR) is 93.0 cm³/mol. The fraction of sp³-hybridized carbons (Fsp3) is 0.400. The Morgan fingerprint density at radius 1 is 1.12 bits per heavy atom. The van der Waals surface area contributed by atoms with Crippen molar-refractivity contribution in [3.63, 3.8) is 0 Å². The second-order valence-corrected chi connectivity index (χ2v) is 7.04. The number of amides is 1. The van der Waals surface area contributed by atoms with Gasteiger partial charge in [-0.05, 0) is 55.1 Å². The third kappa shape index (κ3) is 3.56. The maximum Gasteiger partial charge on any atom is 0.240 e. The van der Waals surface area contributed by atoms with Crippen molar-refractivity contribution in [1.82, 2.24) is 14.8 Å². The second-order valence-electron chi connectivity index (χ2n) is 7.04. The highest BCUT2D eigenvalue weighted by molar-refractivity contribution is 5.83. The van der Waals surface area contributed by atoms with E-state index >= 15 is 0 Å². The molecule has 4 rings (SSSR count). The summed E-state index contributed by atoms with van der Waals surface area (Å²) in [6.45, 7) is 3.03. The van der Waals surface area contributed by atoms with Crippen molar-refractivity contribution >= 4 is 5.91 Å². The highest BCUT2D eigenvalue weighted by Gasteiger charge is 2.41. The van der Waals surface area contributed by atoms with Crippen molar-refractivity contribution < 1.29 is 9.18 Å². The summed E-state index contributed by atoms with van der Waals surface area (Å²) in [4.78, 5) is 21.5. The Morgan fingerprint density at radius 2 is 1.96 bits per heavy atom. The van der Waals surface area contributed by atoms with Gasteiger partial charge in [0, 0.05) is 19.3 Å². The lowest BCUT2D eigenvalue weighted by Gasteiger charge is -2.46. The summed E-state index contributed by atoms with van der Waals surface area (Å²) in [7, 11) is 0. The maximum atomic E-state index is 13.1. The molecule has 2 saturated heterocycles. The van der Waals surface area contributed by atoms with Crippen LogP contribution in [0.25, 0.3) is 0 Å². The van der Waals surface area contributed by atoms with E-state index in [1.807, 2.05) is 23.1 Å². The van der Waals surface area contributed by atoms with Gasteiger partial charge in [0.2, 0.25) is 5.91 Å². The molecule has 0 unspecified atom stereocenters. The minimum Gasteiger partial charge on any atom is -0.335 e. The van der Waals surface area contributed by atoms with Crippen molar-refractivity contribution in [3.8, 4) is 0 Å². The topological polar surface area (TPSA) is 36.4 Å². The summed E-state index contributed by atoms with van der Waals surface area (Å²) in [6, 6.07) is 12.3. The van der Waals surface area contributed by atoms with Crippen LogP contribution in [0.3, 0.4) is 0 Å². The second kappa shape index (κ2) is 6.92. The van der Waals surface area contributed by atoms with Crippen LogP contribution in [0.15, 0.2) is 48.7 Å². The lowest BCUT2D eigenvalue weighted by atomic mass is 9.85. The Bertz CT molecular complexity index is 734. The molecule has 25 heavy (non-hydrogen) atoms. The average Bonchev–Trinajstić information content (AvgIpc) is 2.64. The van der Waals surface area contributed by atoms with Crippen LogP contribution >= 0.6 is 0 Å². The van der Waals surface area contributed by atoms with E-state index < -0.39 is 0 Å². The number of halogens is 1. The minimum absolute atomic E-state index is 0.0683. The molecule has 2 aliphatic heterocycles. The first-order valence-corrected chi connectivity index (χ1v) is 8.86. The highest BCUT2D eigenvalue weighted by Crippen LogP contribution is 2.31. The molecule has 3 heterocycles. The number of piperidine rings is 2. The largest absolute Gasteiger partial charge is 0.335 e. The van der Waals surface area contributed by atoms with Gasteiger partial charge in [0.15, 0.2) is 0 Å². The number of rotatable bonds is 4. The molecule has 130 valence electrons. The summed E-state index contributed by atoms with van der Waals surface area (Å²) in [5, 5.41) is 0. The van der Waals surface area contributed by atoms with E-state index in [1.54, 1.807) is 18.3 Å². The van der Waals surface area contributed by atoms with Crippen LogP contribution in [0, 0.1) is 11.7 Å². The number of aromatic nitrogens is 1. The van der Waals surface area contributed by atoms with E-state index in [0.29, 0.717) is 19.0 Å². The molecule has 2 aliphatic rings. The van der Waals surface area contributed by atoms with E-state index in [2.05, 4.69) is 9.88 Å². The number of hydrogen-bond donors (Lipinski definition) is 0. The highest BCUT2D eigenvalue weighted by atomic mass is 19.1. The fourth-order valence-corrected chi connectivity index (χ4v) is 3.97. The molecule has 2 bridgehead atoms. The van der Waals surface area contributed by atoms with Gasteiger partial charge in [-0.2, -0.15) is 0 Å². The molecule has 1 aromatic carbocycles. The third-order valence-electron chi connectivity index (χ3n) is 5.28. The monoisotopic (exact) mass is 339 g/mol. The van der Waals surface area contributed by atoms with Crippen molar-refractivity contribution in [2.45, 2.75) is 32.0 Å². The van der Waals surface area contributed by atoms with Crippen molar-refractivity contribution in [1.29, 1.82) is 0 Å². The van der Waals surface area contributed by atoms with Crippen molar-refractivity contribution in [2.24, 2.45) is 5.92 Å². The first-order chi connectivity index (χ1) is 12.2. The SMILES string of the molecule is O=C1[C@H]2C[C@H](CCN2Cc2ccc(F)cc2)CN1Cc1ccccn1. The number of carbonyl (C=O) groups is 1. The maximum absolute atomic E-state index is 13.1. The third-order valence-corrected chi connectivity index (χ3v) is 5.28. The zero-order valence-corrected chi connectivity index (χ0v) is 14.1. The molecule has 1 aromatic heterocycles. The Morgan fingerprint density at radius 3 is 2.72 bits per heavy atom. The van der Waals surface area contributed by atoms with Crippen LogP contribution in [-0.4, -0.2) is 39.8 Å². The Kier molecular flexibility index (Phi) is 4.49. The number of likely N-dealkylation sites (tertiary alicyclic amines) is 2. The Balaban J connectivity index is 1.48. The van der Waals surface area contributed by atoms with Crippen LogP contribution < -0.4 is 0 Å². The van der Waals surface area contributed by atoms with E-state index in [4.69, 9.17) is 0 Å². The molecule has 2 aromatic rings. The summed E-state index contributed by atoms with van der Waals surface area (Å²) in [6.07, 6.45) is 3.80. The van der Waals surface area contributed by atoms with Crippen LogP contribution in [-0.2, 0) is 17.9 Å². The van der Waals surface area contributed by atoms with Gasteiger partial charge in [-0.25, -0.2) is 4.39 Å². The number of nitrogens with zero attached hydrogens (tertiary/aromatic N) is 3. The van der Waals surface area contributed by atoms with Crippen LogP contribution in [0.4, 0.5) is 4.39 Å². The average molecular weight is 339 g/mol. The molecule has 1 amide bonds. The van der Waals surface area contributed by atoms with Crippen molar-refractivity contribution in [3.05, 3.63) is 65.7 Å². The molecule has 2 fully saturated rings. The summed E-state index contributed by atoms with van der Waals surface area (Å²) < 4.78 is 13.1. The molecule has 0 aliphatic carbocycles. The standard InChI is InChI=1S/C20H22FN3O/c21-17-6-4-15(5-7-17)12-23-10-8-16-11-19(23)20(25)24(13-16)14-18-3-1-2-9-22-18/h1-7,9,16,19H,8,10-14H2/t16-,19+/m0/s1. The smallest absolute Gasteiger partial charge is 0.240 e. The number of benzene rings is 1.